The van der Waals surface area contributed by atoms with E-state index >= 15 is 0 Å². The molecular weight excluding hydrogens is 290 g/mol. The zero-order chi connectivity index (χ0) is 16.3. The first-order valence-electron chi connectivity index (χ1n) is 8.07. The lowest BCUT2D eigenvalue weighted by Crippen LogP contribution is -2.18. The summed E-state index contributed by atoms with van der Waals surface area (Å²) >= 11 is 0. The minimum absolute atomic E-state index is 0.246. The number of hydrogen-bond acceptors (Lipinski definition) is 5. The minimum atomic E-state index is -0.246. The summed E-state index contributed by atoms with van der Waals surface area (Å²) in [5.41, 5.74) is 3.88. The molecule has 2 aromatic rings. The van der Waals surface area contributed by atoms with Crippen molar-refractivity contribution >= 4 is 12.2 Å². The van der Waals surface area contributed by atoms with Gasteiger partial charge in [-0.2, -0.15) is 5.10 Å². The summed E-state index contributed by atoms with van der Waals surface area (Å²) in [6.07, 6.45) is 7.99. The van der Waals surface area contributed by atoms with Crippen LogP contribution in [0, 0.1) is 0 Å². The maximum Gasteiger partial charge on any atom is 0.274 e. The van der Waals surface area contributed by atoms with Gasteiger partial charge in [0.15, 0.2) is 0 Å². The Kier molecular flexibility index (Phi) is 6.97. The highest BCUT2D eigenvalue weighted by Crippen LogP contribution is 2.03. The molecule has 0 unspecified atom stereocenters. The van der Waals surface area contributed by atoms with Crippen LogP contribution in [0.4, 0.5) is 5.95 Å². The summed E-state index contributed by atoms with van der Waals surface area (Å²) in [6.45, 7) is 2.19. The van der Waals surface area contributed by atoms with Gasteiger partial charge in [0.25, 0.3) is 5.56 Å². The van der Waals surface area contributed by atoms with Gasteiger partial charge in [0.05, 0.1) is 0 Å². The number of anilines is 1. The maximum atomic E-state index is 12.0. The Hall–Kier alpha value is -2.50. The molecule has 0 fully saturated rings. The Morgan fingerprint density at radius 3 is 2.74 bits per heavy atom. The summed E-state index contributed by atoms with van der Waals surface area (Å²) in [6, 6.07) is 9.71. The molecule has 0 radical (unpaired) electrons. The highest BCUT2D eigenvalue weighted by molar-refractivity contribution is 5.58. The van der Waals surface area contributed by atoms with Crippen LogP contribution in [-0.4, -0.2) is 21.4 Å². The number of H-pyrrole nitrogens is 1. The number of unbranched alkanes of at least 4 members (excludes halogenated alkanes) is 4. The highest BCUT2D eigenvalue weighted by atomic mass is 16.1. The van der Waals surface area contributed by atoms with E-state index in [-0.39, 0.29) is 11.5 Å². The van der Waals surface area contributed by atoms with Gasteiger partial charge in [0, 0.05) is 12.6 Å². The fourth-order valence-corrected chi connectivity index (χ4v) is 2.15. The molecule has 0 saturated carbocycles. The zero-order valence-corrected chi connectivity index (χ0v) is 13.5. The lowest BCUT2D eigenvalue weighted by molar-refractivity contribution is 0.685. The summed E-state index contributed by atoms with van der Waals surface area (Å²) < 4.78 is 0. The molecule has 0 aliphatic carbocycles. The van der Waals surface area contributed by atoms with Crippen LogP contribution in [0.5, 0.6) is 0 Å². The third-order valence-corrected chi connectivity index (χ3v) is 3.43. The van der Waals surface area contributed by atoms with Gasteiger partial charge in [0.2, 0.25) is 5.95 Å². The molecule has 0 aliphatic rings. The highest BCUT2D eigenvalue weighted by Gasteiger charge is 2.05. The van der Waals surface area contributed by atoms with Gasteiger partial charge in [-0.3, -0.25) is 9.78 Å². The van der Waals surface area contributed by atoms with Gasteiger partial charge in [-0.1, -0.05) is 56.5 Å². The van der Waals surface area contributed by atoms with Gasteiger partial charge < -0.3 is 0 Å². The van der Waals surface area contributed by atoms with Crippen LogP contribution in [0.3, 0.4) is 0 Å². The molecule has 1 aromatic carbocycles. The van der Waals surface area contributed by atoms with Crippen LogP contribution in [0.25, 0.3) is 0 Å². The first kappa shape index (κ1) is 16.9. The molecule has 0 atom stereocenters. The van der Waals surface area contributed by atoms with Gasteiger partial charge >= 0.3 is 0 Å². The Balaban J connectivity index is 1.84. The molecule has 2 N–H and O–H groups in total. The van der Waals surface area contributed by atoms with E-state index in [0.29, 0.717) is 12.1 Å². The van der Waals surface area contributed by atoms with E-state index in [9.17, 15) is 4.79 Å². The number of rotatable bonds is 9. The lowest BCUT2D eigenvalue weighted by Gasteiger charge is -2.01. The summed E-state index contributed by atoms with van der Waals surface area (Å²) in [5.74, 6) is 0.261. The van der Waals surface area contributed by atoms with E-state index < -0.39 is 0 Å². The first-order valence-corrected chi connectivity index (χ1v) is 8.07. The normalized spacial score (nSPS) is 11.0. The van der Waals surface area contributed by atoms with E-state index in [1.54, 1.807) is 6.21 Å². The van der Waals surface area contributed by atoms with Crippen molar-refractivity contribution in [2.45, 2.75) is 45.4 Å². The van der Waals surface area contributed by atoms with E-state index in [4.69, 9.17) is 0 Å². The smallest absolute Gasteiger partial charge is 0.274 e. The second-order valence-corrected chi connectivity index (χ2v) is 5.38. The van der Waals surface area contributed by atoms with Gasteiger partial charge in [-0.25, -0.2) is 5.43 Å². The van der Waals surface area contributed by atoms with E-state index in [0.717, 1.165) is 18.4 Å². The first-order chi connectivity index (χ1) is 11.3. The molecule has 23 heavy (non-hydrogen) atoms. The summed E-state index contributed by atoms with van der Waals surface area (Å²) in [4.78, 5) is 14.7. The largest absolute Gasteiger partial charge is 0.288 e. The van der Waals surface area contributed by atoms with E-state index in [1.807, 2.05) is 30.3 Å². The quantitative estimate of drug-likeness (QED) is 0.423. The van der Waals surface area contributed by atoms with E-state index in [1.165, 1.54) is 19.3 Å². The van der Waals surface area contributed by atoms with Gasteiger partial charge in [-0.15, -0.1) is 10.2 Å². The summed E-state index contributed by atoms with van der Waals surface area (Å²) in [5, 5.41) is 12.0. The van der Waals surface area contributed by atoms with Crippen molar-refractivity contribution in [3.8, 4) is 0 Å². The molecule has 1 aromatic heterocycles. The van der Waals surface area contributed by atoms with Crippen molar-refractivity contribution in [3.63, 3.8) is 0 Å². The van der Waals surface area contributed by atoms with Gasteiger partial charge in [0.1, 0.15) is 5.69 Å². The predicted molar refractivity (Wildman–Crippen MR) is 92.8 cm³/mol. The number of aromatic amines is 1. The number of hydrogen-bond donors (Lipinski definition) is 2. The third kappa shape index (κ3) is 6.02. The maximum absolute atomic E-state index is 12.0. The minimum Gasteiger partial charge on any atom is -0.288 e. The number of aromatic nitrogens is 3. The average molecular weight is 313 g/mol. The van der Waals surface area contributed by atoms with Crippen LogP contribution in [0.1, 0.15) is 50.3 Å². The predicted octanol–water partition coefficient (Wildman–Crippen LogP) is 3.12. The van der Waals surface area contributed by atoms with Gasteiger partial charge in [-0.05, 0) is 18.4 Å². The van der Waals surface area contributed by atoms with Crippen LogP contribution < -0.4 is 11.0 Å². The van der Waals surface area contributed by atoms with Crippen molar-refractivity contribution in [1.82, 2.24) is 15.2 Å². The molecule has 6 nitrogen and oxygen atoms in total. The Bertz CT molecular complexity index is 666. The molecular formula is C17H23N5O. The van der Waals surface area contributed by atoms with Crippen LogP contribution in [-0.2, 0) is 6.42 Å². The standard InChI is InChI=1S/C17H23N5O/c1-2-3-4-5-9-12-18-21-17-19-16(23)15(20-22-17)13-14-10-7-6-8-11-14/h6-8,10-12H,2-5,9,13H2,1H3,(H2,19,21,22,23)/b18-12-. The number of nitrogens with zero attached hydrogens (tertiary/aromatic N) is 3. The molecule has 122 valence electrons. The molecule has 0 bridgehead atoms. The van der Waals surface area contributed by atoms with Crippen LogP contribution in [0.2, 0.25) is 0 Å². The van der Waals surface area contributed by atoms with Crippen LogP contribution in [0.15, 0.2) is 40.2 Å². The average Bonchev–Trinajstić information content (AvgIpc) is 2.57. The Morgan fingerprint density at radius 2 is 2.00 bits per heavy atom. The number of benzene rings is 1. The second kappa shape index (κ2) is 9.50. The number of nitrogens with one attached hydrogen (secondary N) is 2. The third-order valence-electron chi connectivity index (χ3n) is 3.43. The molecule has 0 aliphatic heterocycles. The SMILES string of the molecule is CCCCCC/C=N\Nc1nnc(Cc2ccccc2)c(=O)[nH]1. The monoisotopic (exact) mass is 313 g/mol. The van der Waals surface area contributed by atoms with E-state index in [2.05, 4.69) is 32.6 Å². The molecule has 0 amide bonds. The van der Waals surface area contributed by atoms with Crippen molar-refractivity contribution in [1.29, 1.82) is 0 Å². The topological polar surface area (TPSA) is 83.0 Å². The number of hydrazone groups is 1. The molecule has 0 saturated heterocycles. The Morgan fingerprint density at radius 1 is 1.17 bits per heavy atom. The molecule has 1 heterocycles. The van der Waals surface area contributed by atoms with Crippen molar-refractivity contribution in [3.05, 3.63) is 51.9 Å². The zero-order valence-electron chi connectivity index (χ0n) is 13.5. The summed E-state index contributed by atoms with van der Waals surface area (Å²) in [7, 11) is 0. The fraction of sp³-hybridized carbons (Fsp3) is 0.412. The van der Waals surface area contributed by atoms with Crippen molar-refractivity contribution < 1.29 is 0 Å². The fourth-order valence-electron chi connectivity index (χ4n) is 2.15. The molecule has 6 heteroatoms. The lowest BCUT2D eigenvalue weighted by atomic mass is 10.1. The van der Waals surface area contributed by atoms with Crippen LogP contribution >= 0.6 is 0 Å². The molecule has 2 rings (SSSR count). The second-order valence-electron chi connectivity index (χ2n) is 5.38. The van der Waals surface area contributed by atoms with Crippen molar-refractivity contribution in [2.75, 3.05) is 5.43 Å². The Labute approximate surface area is 136 Å². The molecule has 0 spiro atoms. The van der Waals surface area contributed by atoms with Crippen molar-refractivity contribution in [2.24, 2.45) is 5.10 Å².